The fourth-order valence-corrected chi connectivity index (χ4v) is 3.27. The maximum absolute atomic E-state index is 11.1. The van der Waals surface area contributed by atoms with Crippen LogP contribution in [-0.4, -0.2) is 41.6 Å². The van der Waals surface area contributed by atoms with Gasteiger partial charge in [0.05, 0.1) is 54.6 Å². The molecule has 1 aliphatic rings. The Hall–Kier alpha value is -3.26. The standard InChI is InChI=1S/C19H18N6O2/c1-27-15-6-4-13(5-7-15)25-10-16(22-23-25)19(26)18-17(12-2-3-12)21-9-14-8-20-11-24(14)18/h4-12,19,26H,2-3H2,1H3. The lowest BCUT2D eigenvalue weighted by molar-refractivity contribution is 0.206. The van der Waals surface area contributed by atoms with E-state index in [0.717, 1.165) is 35.5 Å². The summed E-state index contributed by atoms with van der Waals surface area (Å²) < 4.78 is 8.70. The molecule has 8 nitrogen and oxygen atoms in total. The molecule has 136 valence electrons. The van der Waals surface area contributed by atoms with Crippen molar-refractivity contribution in [3.8, 4) is 11.4 Å². The Labute approximate surface area is 155 Å². The number of aromatic nitrogens is 6. The normalized spacial score (nSPS) is 15.2. The molecular weight excluding hydrogens is 344 g/mol. The maximum atomic E-state index is 11.1. The fraction of sp³-hybridized carbons (Fsp3) is 0.263. The summed E-state index contributed by atoms with van der Waals surface area (Å²) in [5.41, 5.74) is 3.77. The van der Waals surface area contributed by atoms with Gasteiger partial charge in [-0.15, -0.1) is 5.10 Å². The first-order chi connectivity index (χ1) is 13.2. The Morgan fingerprint density at radius 2 is 2.00 bits per heavy atom. The van der Waals surface area contributed by atoms with Crippen LogP contribution in [0.2, 0.25) is 0 Å². The Morgan fingerprint density at radius 1 is 1.19 bits per heavy atom. The van der Waals surface area contributed by atoms with E-state index in [2.05, 4.69) is 20.3 Å². The highest BCUT2D eigenvalue weighted by Gasteiger charge is 2.32. The topological polar surface area (TPSA) is 90.4 Å². The molecule has 1 aliphatic carbocycles. The number of hydrogen-bond acceptors (Lipinski definition) is 6. The van der Waals surface area contributed by atoms with Crippen molar-refractivity contribution in [2.24, 2.45) is 0 Å². The van der Waals surface area contributed by atoms with Gasteiger partial charge < -0.3 is 9.84 Å². The van der Waals surface area contributed by atoms with E-state index in [1.165, 1.54) is 0 Å². The van der Waals surface area contributed by atoms with Crippen molar-refractivity contribution >= 4 is 5.52 Å². The Morgan fingerprint density at radius 3 is 2.74 bits per heavy atom. The molecule has 1 atom stereocenters. The van der Waals surface area contributed by atoms with Gasteiger partial charge in [-0.25, -0.2) is 9.67 Å². The van der Waals surface area contributed by atoms with Crippen molar-refractivity contribution < 1.29 is 9.84 Å². The lowest BCUT2D eigenvalue weighted by Crippen LogP contribution is -2.11. The first kappa shape index (κ1) is 16.0. The van der Waals surface area contributed by atoms with Gasteiger partial charge in [0, 0.05) is 5.92 Å². The van der Waals surface area contributed by atoms with E-state index in [1.807, 2.05) is 28.7 Å². The molecule has 4 aromatic rings. The molecule has 8 heteroatoms. The van der Waals surface area contributed by atoms with Crippen molar-refractivity contribution in [3.05, 3.63) is 66.3 Å². The Bertz CT molecular complexity index is 1100. The van der Waals surface area contributed by atoms with Gasteiger partial charge in [0.25, 0.3) is 0 Å². The molecule has 1 saturated carbocycles. The van der Waals surface area contributed by atoms with Crippen LogP contribution in [0, 0.1) is 0 Å². The van der Waals surface area contributed by atoms with Gasteiger partial charge in [-0.2, -0.15) is 0 Å². The third-order valence-corrected chi connectivity index (χ3v) is 4.88. The number of fused-ring (bicyclic) bond motifs is 1. The summed E-state index contributed by atoms with van der Waals surface area (Å²) in [6.07, 6.45) is 8.21. The molecular formula is C19H18N6O2. The van der Waals surface area contributed by atoms with E-state index in [9.17, 15) is 5.11 Å². The molecule has 5 rings (SSSR count). The smallest absolute Gasteiger partial charge is 0.142 e. The van der Waals surface area contributed by atoms with Gasteiger partial charge >= 0.3 is 0 Å². The predicted octanol–water partition coefficient (Wildman–Crippen LogP) is 2.28. The SMILES string of the molecule is COc1ccc(-n2cc(C(O)c3c(C4CC4)ncc4cncn34)nn2)cc1. The third kappa shape index (κ3) is 2.74. The fourth-order valence-electron chi connectivity index (χ4n) is 3.27. The lowest BCUT2D eigenvalue weighted by atomic mass is 10.1. The van der Waals surface area contributed by atoms with E-state index in [0.29, 0.717) is 17.3 Å². The number of nitrogens with zero attached hydrogens (tertiary/aromatic N) is 6. The monoisotopic (exact) mass is 362 g/mol. The summed E-state index contributed by atoms with van der Waals surface area (Å²) in [6.45, 7) is 0. The zero-order valence-corrected chi connectivity index (χ0v) is 14.7. The van der Waals surface area contributed by atoms with Crippen LogP contribution in [0.3, 0.4) is 0 Å². The summed E-state index contributed by atoms with van der Waals surface area (Å²) in [5.74, 6) is 1.16. The van der Waals surface area contributed by atoms with Gasteiger partial charge in [0.2, 0.25) is 0 Å². The summed E-state index contributed by atoms with van der Waals surface area (Å²) in [4.78, 5) is 8.77. The third-order valence-electron chi connectivity index (χ3n) is 4.88. The highest BCUT2D eigenvalue weighted by atomic mass is 16.5. The minimum absolute atomic E-state index is 0.387. The first-order valence-electron chi connectivity index (χ1n) is 8.80. The minimum Gasteiger partial charge on any atom is -0.497 e. The van der Waals surface area contributed by atoms with Crippen molar-refractivity contribution in [3.63, 3.8) is 0 Å². The highest BCUT2D eigenvalue weighted by Crippen LogP contribution is 2.42. The number of aliphatic hydroxyl groups is 1. The zero-order valence-electron chi connectivity index (χ0n) is 14.7. The zero-order chi connectivity index (χ0) is 18.4. The van der Waals surface area contributed by atoms with Crippen molar-refractivity contribution in [2.45, 2.75) is 24.9 Å². The van der Waals surface area contributed by atoms with Crippen LogP contribution in [-0.2, 0) is 0 Å². The number of aliphatic hydroxyl groups excluding tert-OH is 1. The van der Waals surface area contributed by atoms with E-state index < -0.39 is 6.10 Å². The summed E-state index contributed by atoms with van der Waals surface area (Å²) in [6, 6.07) is 7.48. The van der Waals surface area contributed by atoms with E-state index in [4.69, 9.17) is 4.74 Å². The van der Waals surface area contributed by atoms with Crippen molar-refractivity contribution in [2.75, 3.05) is 7.11 Å². The molecule has 0 amide bonds. The van der Waals surface area contributed by atoms with Gasteiger partial charge in [-0.05, 0) is 37.1 Å². The molecule has 0 radical (unpaired) electrons. The van der Waals surface area contributed by atoms with Crippen LogP contribution in [0.4, 0.5) is 0 Å². The minimum atomic E-state index is -0.932. The number of benzene rings is 1. The molecule has 1 aromatic carbocycles. The predicted molar refractivity (Wildman–Crippen MR) is 96.9 cm³/mol. The quantitative estimate of drug-likeness (QED) is 0.586. The highest BCUT2D eigenvalue weighted by molar-refractivity contribution is 5.47. The van der Waals surface area contributed by atoms with Crippen LogP contribution in [0.25, 0.3) is 11.2 Å². The number of ether oxygens (including phenoxy) is 1. The molecule has 3 aromatic heterocycles. The van der Waals surface area contributed by atoms with Crippen LogP contribution < -0.4 is 4.74 Å². The average Bonchev–Trinajstić information content (AvgIpc) is 3.24. The Balaban J connectivity index is 1.54. The van der Waals surface area contributed by atoms with Crippen LogP contribution in [0.1, 0.15) is 41.9 Å². The molecule has 1 N–H and O–H groups in total. The number of hydrogen-bond donors (Lipinski definition) is 1. The summed E-state index contributed by atoms with van der Waals surface area (Å²) in [5, 5.41) is 19.4. The van der Waals surface area contributed by atoms with Crippen molar-refractivity contribution in [1.82, 2.24) is 29.4 Å². The van der Waals surface area contributed by atoms with Crippen LogP contribution in [0.15, 0.2) is 49.2 Å². The van der Waals surface area contributed by atoms with Gasteiger partial charge in [0.15, 0.2) is 0 Å². The molecule has 3 heterocycles. The maximum Gasteiger partial charge on any atom is 0.142 e. The molecule has 27 heavy (non-hydrogen) atoms. The Kier molecular flexibility index (Phi) is 3.64. The molecule has 1 unspecified atom stereocenters. The van der Waals surface area contributed by atoms with E-state index >= 15 is 0 Å². The van der Waals surface area contributed by atoms with E-state index in [1.54, 1.807) is 36.7 Å². The molecule has 0 aliphatic heterocycles. The van der Waals surface area contributed by atoms with Crippen LogP contribution in [0.5, 0.6) is 5.75 Å². The van der Waals surface area contributed by atoms with E-state index in [-0.39, 0.29) is 0 Å². The number of methoxy groups -OCH3 is 1. The van der Waals surface area contributed by atoms with Gasteiger partial charge in [0.1, 0.15) is 17.5 Å². The molecule has 0 bridgehead atoms. The molecule has 0 saturated heterocycles. The first-order valence-corrected chi connectivity index (χ1v) is 8.80. The van der Waals surface area contributed by atoms with Crippen molar-refractivity contribution in [1.29, 1.82) is 0 Å². The summed E-state index contributed by atoms with van der Waals surface area (Å²) in [7, 11) is 1.63. The second-order valence-electron chi connectivity index (χ2n) is 6.68. The largest absolute Gasteiger partial charge is 0.497 e. The van der Waals surface area contributed by atoms with Gasteiger partial charge in [-0.3, -0.25) is 9.38 Å². The molecule has 1 fully saturated rings. The second kappa shape index (κ2) is 6.17. The second-order valence-corrected chi connectivity index (χ2v) is 6.68. The van der Waals surface area contributed by atoms with Gasteiger partial charge in [-0.1, -0.05) is 5.21 Å². The summed E-state index contributed by atoms with van der Waals surface area (Å²) >= 11 is 0. The number of imidazole rings is 1. The van der Waals surface area contributed by atoms with Crippen LogP contribution >= 0.6 is 0 Å². The lowest BCUT2D eigenvalue weighted by Gasteiger charge is -2.15. The number of rotatable bonds is 5. The average molecular weight is 362 g/mol. The molecule has 0 spiro atoms.